The van der Waals surface area contributed by atoms with Crippen LogP contribution in [-0.4, -0.2) is 25.9 Å². The summed E-state index contributed by atoms with van der Waals surface area (Å²) < 4.78 is 16.8. The summed E-state index contributed by atoms with van der Waals surface area (Å²) >= 11 is 0. The summed E-state index contributed by atoms with van der Waals surface area (Å²) in [5.74, 6) is 0.0607. The maximum absolute atomic E-state index is 13.5. The SMILES string of the molecule is CC(C)n1c(=O)c2cnc(Nc3ccc4c(c3)CNCC4)nc2n1-c1ccc(F)cc1. The van der Waals surface area contributed by atoms with Crippen molar-refractivity contribution in [3.63, 3.8) is 0 Å². The van der Waals surface area contributed by atoms with Crippen LogP contribution in [-0.2, 0) is 13.0 Å². The van der Waals surface area contributed by atoms with Crippen LogP contribution in [0.4, 0.5) is 16.0 Å². The molecular weight excluding hydrogens is 395 g/mol. The Morgan fingerprint density at radius 2 is 1.94 bits per heavy atom. The highest BCUT2D eigenvalue weighted by atomic mass is 19.1. The van der Waals surface area contributed by atoms with Gasteiger partial charge in [-0.25, -0.2) is 18.7 Å². The van der Waals surface area contributed by atoms with Gasteiger partial charge in [-0.05, 0) is 74.3 Å². The number of aromatic nitrogens is 4. The molecule has 3 heterocycles. The average molecular weight is 418 g/mol. The fourth-order valence-corrected chi connectivity index (χ4v) is 4.04. The van der Waals surface area contributed by atoms with E-state index in [0.717, 1.165) is 25.2 Å². The molecule has 0 amide bonds. The topological polar surface area (TPSA) is 76.8 Å². The lowest BCUT2D eigenvalue weighted by Gasteiger charge is -2.18. The molecule has 0 atom stereocenters. The second-order valence-electron chi connectivity index (χ2n) is 8.00. The molecule has 0 fully saturated rings. The van der Waals surface area contributed by atoms with E-state index in [2.05, 4.69) is 32.7 Å². The normalized spacial score (nSPS) is 13.5. The standard InChI is InChI=1S/C23H23FN6O/c1-14(2)29-22(31)20-13-26-23(27-18-6-3-15-9-10-25-12-16(15)11-18)28-21(20)30(29)19-7-4-17(24)5-8-19/h3-8,11,13-14,25H,9-10,12H2,1-2H3,(H,26,27,28). The molecule has 0 radical (unpaired) electrons. The minimum Gasteiger partial charge on any atom is -0.324 e. The Bertz CT molecular complexity index is 1320. The van der Waals surface area contributed by atoms with Gasteiger partial charge in [-0.1, -0.05) is 6.07 Å². The average Bonchev–Trinajstić information content (AvgIpc) is 3.06. The van der Waals surface area contributed by atoms with Gasteiger partial charge in [0.05, 0.1) is 5.69 Å². The molecule has 1 aliphatic heterocycles. The largest absolute Gasteiger partial charge is 0.324 e. The molecule has 0 unspecified atom stereocenters. The molecule has 5 rings (SSSR count). The van der Waals surface area contributed by atoms with Crippen LogP contribution in [0.5, 0.6) is 0 Å². The molecule has 4 aromatic rings. The summed E-state index contributed by atoms with van der Waals surface area (Å²) in [5, 5.41) is 7.05. The zero-order chi connectivity index (χ0) is 21.5. The van der Waals surface area contributed by atoms with Crippen molar-refractivity contribution >= 4 is 22.7 Å². The van der Waals surface area contributed by atoms with Gasteiger partial charge in [0.25, 0.3) is 5.56 Å². The monoisotopic (exact) mass is 418 g/mol. The maximum atomic E-state index is 13.5. The van der Waals surface area contributed by atoms with E-state index in [1.807, 2.05) is 19.9 Å². The van der Waals surface area contributed by atoms with Gasteiger partial charge in [0, 0.05) is 24.5 Å². The number of hydrogen-bond donors (Lipinski definition) is 2. The molecular formula is C23H23FN6O. The lowest BCUT2D eigenvalue weighted by molar-refractivity contribution is 0.475. The predicted molar refractivity (Wildman–Crippen MR) is 119 cm³/mol. The number of benzene rings is 2. The number of nitrogens with one attached hydrogen (secondary N) is 2. The van der Waals surface area contributed by atoms with Crippen LogP contribution in [0.2, 0.25) is 0 Å². The first-order valence-electron chi connectivity index (χ1n) is 10.4. The first-order chi connectivity index (χ1) is 15.0. The Labute approximate surface area is 178 Å². The number of nitrogens with zero attached hydrogens (tertiary/aromatic N) is 4. The molecule has 0 bridgehead atoms. The third-order valence-electron chi connectivity index (χ3n) is 5.53. The highest BCUT2D eigenvalue weighted by Gasteiger charge is 2.19. The van der Waals surface area contributed by atoms with Crippen LogP contribution in [0, 0.1) is 5.82 Å². The molecule has 0 spiro atoms. The zero-order valence-electron chi connectivity index (χ0n) is 17.4. The summed E-state index contributed by atoms with van der Waals surface area (Å²) in [7, 11) is 0. The minimum atomic E-state index is -0.336. The number of rotatable bonds is 4. The molecule has 0 saturated heterocycles. The van der Waals surface area contributed by atoms with Crippen molar-refractivity contribution in [2.45, 2.75) is 32.9 Å². The molecule has 158 valence electrons. The molecule has 1 aliphatic rings. The lowest BCUT2D eigenvalue weighted by atomic mass is 10.0. The van der Waals surface area contributed by atoms with Gasteiger partial charge in [-0.3, -0.25) is 4.79 Å². The van der Waals surface area contributed by atoms with Crippen LogP contribution >= 0.6 is 0 Å². The highest BCUT2D eigenvalue weighted by molar-refractivity contribution is 5.77. The molecule has 31 heavy (non-hydrogen) atoms. The molecule has 0 aliphatic carbocycles. The Morgan fingerprint density at radius 1 is 1.13 bits per heavy atom. The third kappa shape index (κ3) is 3.48. The van der Waals surface area contributed by atoms with Crippen molar-refractivity contribution in [2.75, 3.05) is 11.9 Å². The summed E-state index contributed by atoms with van der Waals surface area (Å²) in [6.45, 7) is 5.68. The van der Waals surface area contributed by atoms with Crippen LogP contribution in [0.15, 0.2) is 53.5 Å². The Hall–Kier alpha value is -3.52. The van der Waals surface area contributed by atoms with Crippen molar-refractivity contribution in [1.29, 1.82) is 0 Å². The fraction of sp³-hybridized carbons (Fsp3) is 0.261. The van der Waals surface area contributed by atoms with Gasteiger partial charge in [0.1, 0.15) is 11.2 Å². The third-order valence-corrected chi connectivity index (χ3v) is 5.53. The van der Waals surface area contributed by atoms with Gasteiger partial charge >= 0.3 is 0 Å². The van der Waals surface area contributed by atoms with Crippen molar-refractivity contribution in [3.05, 3.63) is 76.0 Å². The van der Waals surface area contributed by atoms with E-state index in [4.69, 9.17) is 0 Å². The Kier molecular flexibility index (Phi) is 4.78. The summed E-state index contributed by atoms with van der Waals surface area (Å²) in [5.41, 5.74) is 4.45. The lowest BCUT2D eigenvalue weighted by Crippen LogP contribution is -2.24. The molecule has 7 nitrogen and oxygen atoms in total. The van der Waals surface area contributed by atoms with Gasteiger partial charge in [-0.15, -0.1) is 0 Å². The van der Waals surface area contributed by atoms with E-state index >= 15 is 0 Å². The van der Waals surface area contributed by atoms with Crippen LogP contribution in [0.25, 0.3) is 16.7 Å². The molecule has 2 N–H and O–H groups in total. The summed E-state index contributed by atoms with van der Waals surface area (Å²) in [6.07, 6.45) is 2.57. The number of hydrogen-bond acceptors (Lipinski definition) is 5. The number of halogens is 1. The second kappa shape index (κ2) is 7.63. The highest BCUT2D eigenvalue weighted by Crippen LogP contribution is 2.23. The summed E-state index contributed by atoms with van der Waals surface area (Å²) in [6, 6.07) is 12.1. The van der Waals surface area contributed by atoms with Crippen LogP contribution < -0.4 is 16.2 Å². The smallest absolute Gasteiger partial charge is 0.278 e. The van der Waals surface area contributed by atoms with E-state index in [1.54, 1.807) is 27.7 Å². The number of anilines is 2. The molecule has 0 saturated carbocycles. The number of fused-ring (bicyclic) bond motifs is 2. The van der Waals surface area contributed by atoms with Crippen LogP contribution in [0.3, 0.4) is 0 Å². The van der Waals surface area contributed by atoms with E-state index < -0.39 is 0 Å². The van der Waals surface area contributed by atoms with Crippen molar-refractivity contribution in [1.82, 2.24) is 24.6 Å². The Morgan fingerprint density at radius 3 is 2.71 bits per heavy atom. The van der Waals surface area contributed by atoms with Crippen molar-refractivity contribution in [3.8, 4) is 5.69 Å². The van der Waals surface area contributed by atoms with Crippen molar-refractivity contribution in [2.24, 2.45) is 0 Å². The van der Waals surface area contributed by atoms with Gasteiger partial charge < -0.3 is 10.6 Å². The predicted octanol–water partition coefficient (Wildman–Crippen LogP) is 3.69. The molecule has 8 heteroatoms. The quantitative estimate of drug-likeness (QED) is 0.529. The van der Waals surface area contributed by atoms with E-state index in [0.29, 0.717) is 22.7 Å². The van der Waals surface area contributed by atoms with E-state index in [1.165, 1.54) is 23.3 Å². The first kappa shape index (κ1) is 19.4. The summed E-state index contributed by atoms with van der Waals surface area (Å²) in [4.78, 5) is 22.0. The van der Waals surface area contributed by atoms with Gasteiger partial charge in [0.2, 0.25) is 5.95 Å². The first-order valence-corrected chi connectivity index (χ1v) is 10.4. The van der Waals surface area contributed by atoms with E-state index in [-0.39, 0.29) is 17.4 Å². The van der Waals surface area contributed by atoms with E-state index in [9.17, 15) is 9.18 Å². The van der Waals surface area contributed by atoms with Crippen LogP contribution in [0.1, 0.15) is 31.0 Å². The maximum Gasteiger partial charge on any atom is 0.278 e. The van der Waals surface area contributed by atoms with Crippen molar-refractivity contribution < 1.29 is 4.39 Å². The second-order valence-corrected chi connectivity index (χ2v) is 8.00. The molecule has 2 aromatic carbocycles. The fourth-order valence-electron chi connectivity index (χ4n) is 4.04. The molecule has 2 aromatic heterocycles. The van der Waals surface area contributed by atoms with Gasteiger partial charge in [-0.2, -0.15) is 4.98 Å². The van der Waals surface area contributed by atoms with Gasteiger partial charge in [0.15, 0.2) is 5.65 Å². The Balaban J connectivity index is 1.61. The minimum absolute atomic E-state index is 0.115. The zero-order valence-corrected chi connectivity index (χ0v) is 17.4.